The maximum Gasteiger partial charge on any atom is 0.277 e. The third kappa shape index (κ3) is 3.41. The Kier molecular flexibility index (Phi) is 4.73. The van der Waals surface area contributed by atoms with Gasteiger partial charge in [0, 0.05) is 19.1 Å². The van der Waals surface area contributed by atoms with E-state index in [4.69, 9.17) is 5.73 Å². The summed E-state index contributed by atoms with van der Waals surface area (Å²) >= 11 is 0. The predicted molar refractivity (Wildman–Crippen MR) is 65.1 cm³/mol. The Morgan fingerprint density at radius 2 is 1.94 bits per heavy atom. The van der Waals surface area contributed by atoms with E-state index in [0.29, 0.717) is 6.54 Å². The lowest BCUT2D eigenvalue weighted by molar-refractivity contribution is 0.217. The Morgan fingerprint density at radius 1 is 1.38 bits per heavy atom. The van der Waals surface area contributed by atoms with E-state index in [1.165, 1.54) is 13.5 Å². The molecule has 96 valence electrons. The fraction of sp³-hybridized carbons (Fsp3) is 1.00. The highest BCUT2D eigenvalue weighted by atomic mass is 32.2. The molecule has 1 aliphatic carbocycles. The van der Waals surface area contributed by atoms with Crippen LogP contribution in [0.2, 0.25) is 0 Å². The van der Waals surface area contributed by atoms with Crippen molar-refractivity contribution in [2.45, 2.75) is 44.6 Å². The molecule has 0 aromatic rings. The van der Waals surface area contributed by atoms with Crippen LogP contribution < -0.4 is 15.2 Å². The zero-order valence-electron chi connectivity index (χ0n) is 10.1. The van der Waals surface area contributed by atoms with Gasteiger partial charge in [-0.15, -0.1) is 0 Å². The first kappa shape index (κ1) is 13.9. The van der Waals surface area contributed by atoms with E-state index in [1.54, 1.807) is 0 Å². The standard InChI is InChI=1S/C10H23N3O2S/c1-3-9-4-6-10(8-11,7-5-9)13-16(14,15)12-2/h9,12-13H,3-8,11H2,1-2H3. The summed E-state index contributed by atoms with van der Waals surface area (Å²) in [6.45, 7) is 2.54. The van der Waals surface area contributed by atoms with Gasteiger partial charge >= 0.3 is 0 Å². The number of hydrogen-bond acceptors (Lipinski definition) is 3. The number of nitrogens with two attached hydrogens (primary N) is 1. The van der Waals surface area contributed by atoms with Gasteiger partial charge in [-0.3, -0.25) is 0 Å². The molecular formula is C10H23N3O2S. The van der Waals surface area contributed by atoms with Crippen molar-refractivity contribution in [3.8, 4) is 0 Å². The van der Waals surface area contributed by atoms with Crippen molar-refractivity contribution in [2.75, 3.05) is 13.6 Å². The molecule has 1 aliphatic rings. The average Bonchev–Trinajstić information content (AvgIpc) is 2.29. The van der Waals surface area contributed by atoms with Gasteiger partial charge in [-0.2, -0.15) is 13.1 Å². The highest BCUT2D eigenvalue weighted by molar-refractivity contribution is 7.87. The van der Waals surface area contributed by atoms with Crippen LogP contribution in [0.25, 0.3) is 0 Å². The lowest BCUT2D eigenvalue weighted by Crippen LogP contribution is -2.57. The van der Waals surface area contributed by atoms with Crippen LogP contribution >= 0.6 is 0 Å². The molecule has 1 rings (SSSR count). The van der Waals surface area contributed by atoms with Crippen LogP contribution in [-0.2, 0) is 10.2 Å². The van der Waals surface area contributed by atoms with Crippen LogP contribution in [0.3, 0.4) is 0 Å². The van der Waals surface area contributed by atoms with E-state index < -0.39 is 15.7 Å². The van der Waals surface area contributed by atoms with Gasteiger partial charge in [0.1, 0.15) is 0 Å². The smallest absolute Gasteiger partial charge is 0.277 e. The minimum atomic E-state index is -3.39. The van der Waals surface area contributed by atoms with Gasteiger partial charge in [0.15, 0.2) is 0 Å². The van der Waals surface area contributed by atoms with E-state index in [0.717, 1.165) is 31.6 Å². The van der Waals surface area contributed by atoms with Crippen LogP contribution in [-0.4, -0.2) is 27.5 Å². The molecule has 0 aliphatic heterocycles. The van der Waals surface area contributed by atoms with Crippen LogP contribution in [0.5, 0.6) is 0 Å². The summed E-state index contributed by atoms with van der Waals surface area (Å²) < 4.78 is 28.0. The van der Waals surface area contributed by atoms with Crippen molar-refractivity contribution in [1.82, 2.24) is 9.44 Å². The molecule has 6 heteroatoms. The second-order valence-corrected chi connectivity index (χ2v) is 6.26. The summed E-state index contributed by atoms with van der Waals surface area (Å²) in [5.74, 6) is 0.721. The number of hydrogen-bond donors (Lipinski definition) is 3. The van der Waals surface area contributed by atoms with Gasteiger partial charge in [-0.05, 0) is 31.6 Å². The molecule has 5 nitrogen and oxygen atoms in total. The topological polar surface area (TPSA) is 84.2 Å². The van der Waals surface area contributed by atoms with Crippen molar-refractivity contribution in [3.63, 3.8) is 0 Å². The molecule has 0 aromatic carbocycles. The predicted octanol–water partition coefficient (Wildman–Crippen LogP) is 0.338. The minimum absolute atomic E-state index is 0.365. The summed E-state index contributed by atoms with van der Waals surface area (Å²) in [7, 11) is -1.99. The van der Waals surface area contributed by atoms with E-state index in [2.05, 4.69) is 16.4 Å². The summed E-state index contributed by atoms with van der Waals surface area (Å²) in [6, 6.07) is 0. The summed E-state index contributed by atoms with van der Waals surface area (Å²) in [6.07, 6.45) is 4.95. The van der Waals surface area contributed by atoms with Crippen molar-refractivity contribution < 1.29 is 8.42 Å². The lowest BCUT2D eigenvalue weighted by atomic mass is 9.76. The monoisotopic (exact) mass is 249 g/mol. The molecule has 0 bridgehead atoms. The van der Waals surface area contributed by atoms with Crippen molar-refractivity contribution in [1.29, 1.82) is 0 Å². The van der Waals surface area contributed by atoms with Crippen LogP contribution in [0.15, 0.2) is 0 Å². The van der Waals surface area contributed by atoms with E-state index >= 15 is 0 Å². The summed E-state index contributed by atoms with van der Waals surface area (Å²) in [4.78, 5) is 0. The maximum atomic E-state index is 11.5. The maximum absolute atomic E-state index is 11.5. The van der Waals surface area contributed by atoms with Crippen molar-refractivity contribution in [2.24, 2.45) is 11.7 Å². The Bertz CT molecular complexity index is 308. The fourth-order valence-corrected chi connectivity index (χ4v) is 3.28. The third-order valence-electron chi connectivity index (χ3n) is 3.65. The van der Waals surface area contributed by atoms with E-state index in [-0.39, 0.29) is 0 Å². The zero-order valence-corrected chi connectivity index (χ0v) is 10.9. The molecule has 4 N–H and O–H groups in total. The van der Waals surface area contributed by atoms with E-state index in [1.807, 2.05) is 0 Å². The molecule has 0 spiro atoms. The van der Waals surface area contributed by atoms with Crippen molar-refractivity contribution >= 4 is 10.2 Å². The zero-order chi connectivity index (χ0) is 12.2. The van der Waals surface area contributed by atoms with Gasteiger partial charge in [-0.1, -0.05) is 13.3 Å². The first-order valence-corrected chi connectivity index (χ1v) is 7.38. The first-order chi connectivity index (χ1) is 7.47. The highest BCUT2D eigenvalue weighted by Gasteiger charge is 2.36. The van der Waals surface area contributed by atoms with Gasteiger partial charge in [-0.25, -0.2) is 4.72 Å². The minimum Gasteiger partial charge on any atom is -0.329 e. The van der Waals surface area contributed by atoms with Gasteiger partial charge in [0.05, 0.1) is 0 Å². The molecule has 0 aromatic heterocycles. The largest absolute Gasteiger partial charge is 0.329 e. The quantitative estimate of drug-likeness (QED) is 0.657. The number of nitrogens with one attached hydrogen (secondary N) is 2. The van der Waals surface area contributed by atoms with Crippen LogP contribution in [0.4, 0.5) is 0 Å². The lowest BCUT2D eigenvalue weighted by Gasteiger charge is -2.39. The van der Waals surface area contributed by atoms with Gasteiger partial charge in [0.2, 0.25) is 0 Å². The normalized spacial score (nSPS) is 31.6. The second kappa shape index (κ2) is 5.44. The van der Waals surface area contributed by atoms with Gasteiger partial charge in [0.25, 0.3) is 10.2 Å². The molecule has 1 fully saturated rings. The molecule has 0 heterocycles. The molecule has 16 heavy (non-hydrogen) atoms. The Morgan fingerprint density at radius 3 is 2.31 bits per heavy atom. The molecule has 0 amide bonds. The summed E-state index contributed by atoms with van der Waals surface area (Å²) in [5.41, 5.74) is 5.30. The first-order valence-electron chi connectivity index (χ1n) is 5.89. The van der Waals surface area contributed by atoms with Crippen molar-refractivity contribution in [3.05, 3.63) is 0 Å². The Balaban J connectivity index is 2.67. The Labute approximate surface area is 98.4 Å². The molecular weight excluding hydrogens is 226 g/mol. The third-order valence-corrected chi connectivity index (χ3v) is 4.89. The Hall–Kier alpha value is -0.170. The van der Waals surface area contributed by atoms with Crippen LogP contribution in [0, 0.1) is 5.92 Å². The molecule has 0 atom stereocenters. The summed E-state index contributed by atoms with van der Waals surface area (Å²) in [5, 5.41) is 0. The fourth-order valence-electron chi connectivity index (χ4n) is 2.32. The average molecular weight is 249 g/mol. The molecule has 0 saturated heterocycles. The van der Waals surface area contributed by atoms with Gasteiger partial charge < -0.3 is 5.73 Å². The SMILES string of the molecule is CCC1CCC(CN)(NS(=O)(=O)NC)CC1. The van der Waals surface area contributed by atoms with E-state index in [9.17, 15) is 8.42 Å². The second-order valence-electron chi connectivity index (χ2n) is 4.65. The molecule has 1 saturated carbocycles. The molecule has 0 unspecified atom stereocenters. The van der Waals surface area contributed by atoms with Crippen LogP contribution in [0.1, 0.15) is 39.0 Å². The molecule has 0 radical (unpaired) electrons. The number of rotatable bonds is 5. The highest BCUT2D eigenvalue weighted by Crippen LogP contribution is 2.33.